The van der Waals surface area contributed by atoms with Gasteiger partial charge in [-0.1, -0.05) is 24.3 Å². The molecule has 25 heavy (non-hydrogen) atoms. The number of halogens is 2. The number of rotatable bonds is 6. The molecule has 1 heterocycles. The highest BCUT2D eigenvalue weighted by Crippen LogP contribution is 2.28. The van der Waals surface area contributed by atoms with Crippen LogP contribution in [0.25, 0.3) is 0 Å². The van der Waals surface area contributed by atoms with E-state index in [4.69, 9.17) is 0 Å². The van der Waals surface area contributed by atoms with Gasteiger partial charge < -0.3 is 10.2 Å². The van der Waals surface area contributed by atoms with E-state index in [1.807, 2.05) is 31.3 Å². The molecule has 0 radical (unpaired) electrons. The molecule has 0 atom stereocenters. The fourth-order valence-corrected chi connectivity index (χ4v) is 3.71. The molecule has 3 rings (SSSR count). The first kappa shape index (κ1) is 18.0. The van der Waals surface area contributed by atoms with Crippen molar-refractivity contribution >= 4 is 0 Å². The molecule has 0 aromatic heterocycles. The summed E-state index contributed by atoms with van der Waals surface area (Å²) in [6.45, 7) is 4.10. The van der Waals surface area contributed by atoms with Crippen LogP contribution in [0.2, 0.25) is 0 Å². The van der Waals surface area contributed by atoms with E-state index in [9.17, 15) is 8.78 Å². The predicted molar refractivity (Wildman–Crippen MR) is 97.7 cm³/mol. The maximum atomic E-state index is 13.3. The minimum Gasteiger partial charge on any atom is -0.319 e. The number of hydrogen-bond donors (Lipinski definition) is 1. The molecule has 1 aliphatic heterocycles. The minimum atomic E-state index is -0.227. The average Bonchev–Trinajstić information content (AvgIpc) is 2.63. The Morgan fingerprint density at radius 3 is 1.84 bits per heavy atom. The first-order valence-corrected chi connectivity index (χ1v) is 9.03. The first-order chi connectivity index (χ1) is 12.2. The third kappa shape index (κ3) is 4.86. The van der Waals surface area contributed by atoms with Crippen LogP contribution < -0.4 is 5.32 Å². The van der Waals surface area contributed by atoms with Crippen LogP contribution in [0.4, 0.5) is 8.78 Å². The molecule has 0 saturated carbocycles. The lowest BCUT2D eigenvalue weighted by Gasteiger charge is -2.34. The molecule has 0 unspecified atom stereocenters. The minimum absolute atomic E-state index is 0.127. The molecule has 1 aliphatic rings. The second-order valence-corrected chi connectivity index (χ2v) is 6.96. The summed E-state index contributed by atoms with van der Waals surface area (Å²) in [5.41, 5.74) is 2.15. The van der Waals surface area contributed by atoms with Gasteiger partial charge in [0.1, 0.15) is 11.6 Å². The van der Waals surface area contributed by atoms with E-state index in [1.54, 1.807) is 0 Å². The highest BCUT2D eigenvalue weighted by atomic mass is 19.1. The van der Waals surface area contributed by atoms with Gasteiger partial charge in [0, 0.05) is 12.5 Å². The normalized spacial score (nSPS) is 16.5. The van der Waals surface area contributed by atoms with Crippen molar-refractivity contribution in [2.45, 2.75) is 18.8 Å². The van der Waals surface area contributed by atoms with Crippen molar-refractivity contribution in [2.24, 2.45) is 5.92 Å². The van der Waals surface area contributed by atoms with Crippen molar-refractivity contribution in [1.29, 1.82) is 0 Å². The Morgan fingerprint density at radius 2 is 1.40 bits per heavy atom. The van der Waals surface area contributed by atoms with Gasteiger partial charge in [0.25, 0.3) is 0 Å². The van der Waals surface area contributed by atoms with Crippen molar-refractivity contribution < 1.29 is 8.78 Å². The summed E-state index contributed by atoms with van der Waals surface area (Å²) in [4.78, 5) is 2.48. The Labute approximate surface area is 148 Å². The van der Waals surface area contributed by atoms with Crippen LogP contribution in [0.3, 0.4) is 0 Å². The van der Waals surface area contributed by atoms with E-state index in [2.05, 4.69) is 10.2 Å². The number of likely N-dealkylation sites (tertiary alicyclic amines) is 1. The molecule has 0 spiro atoms. The van der Waals surface area contributed by atoms with Crippen LogP contribution in [0.1, 0.15) is 29.9 Å². The number of hydrogen-bond acceptors (Lipinski definition) is 2. The largest absolute Gasteiger partial charge is 0.319 e. The van der Waals surface area contributed by atoms with Crippen LogP contribution in [-0.2, 0) is 0 Å². The van der Waals surface area contributed by atoms with Crippen molar-refractivity contribution in [3.8, 4) is 0 Å². The van der Waals surface area contributed by atoms with Gasteiger partial charge in [0.05, 0.1) is 0 Å². The fraction of sp³-hybridized carbons (Fsp3) is 0.429. The van der Waals surface area contributed by atoms with Gasteiger partial charge in [-0.05, 0) is 80.8 Å². The molecule has 1 fully saturated rings. The monoisotopic (exact) mass is 344 g/mol. The standard InChI is InChI=1S/C21H26F2N2/c1-24-14-16-10-12-25(13-11-16)15-21(17-2-6-19(22)7-3-17)18-4-8-20(23)9-5-18/h2-9,16,21,24H,10-15H2,1H3. The molecule has 2 nitrogen and oxygen atoms in total. The second kappa shape index (κ2) is 8.54. The molecular formula is C21H26F2N2. The molecule has 0 aliphatic carbocycles. The zero-order valence-corrected chi connectivity index (χ0v) is 14.7. The summed E-state index contributed by atoms with van der Waals surface area (Å²) in [6.07, 6.45) is 2.39. The summed E-state index contributed by atoms with van der Waals surface area (Å²) in [6, 6.07) is 13.4. The molecular weight excluding hydrogens is 318 g/mol. The maximum absolute atomic E-state index is 13.3. The van der Waals surface area contributed by atoms with Gasteiger partial charge in [0.2, 0.25) is 0 Å². The fourth-order valence-electron chi connectivity index (χ4n) is 3.71. The summed E-state index contributed by atoms with van der Waals surface area (Å²) < 4.78 is 26.6. The van der Waals surface area contributed by atoms with E-state index in [0.29, 0.717) is 0 Å². The number of nitrogens with zero attached hydrogens (tertiary/aromatic N) is 1. The third-order valence-corrected chi connectivity index (χ3v) is 5.19. The summed E-state index contributed by atoms with van der Waals surface area (Å²) in [5.74, 6) is 0.419. The Bertz CT molecular complexity index is 601. The van der Waals surface area contributed by atoms with Gasteiger partial charge in [-0.25, -0.2) is 8.78 Å². The molecule has 0 amide bonds. The summed E-state index contributed by atoms with van der Waals surface area (Å²) in [5, 5.41) is 3.27. The van der Waals surface area contributed by atoms with Gasteiger partial charge in [-0.15, -0.1) is 0 Å². The first-order valence-electron chi connectivity index (χ1n) is 9.03. The van der Waals surface area contributed by atoms with Crippen LogP contribution in [-0.4, -0.2) is 38.1 Å². The zero-order chi connectivity index (χ0) is 17.6. The maximum Gasteiger partial charge on any atom is 0.123 e. The van der Waals surface area contributed by atoms with E-state index in [1.165, 1.54) is 37.1 Å². The molecule has 2 aromatic rings. The Kier molecular flexibility index (Phi) is 6.16. The van der Waals surface area contributed by atoms with E-state index in [0.717, 1.165) is 43.2 Å². The van der Waals surface area contributed by atoms with Crippen LogP contribution in [0.5, 0.6) is 0 Å². The number of piperidine rings is 1. The average molecular weight is 344 g/mol. The lowest BCUT2D eigenvalue weighted by molar-refractivity contribution is 0.179. The lowest BCUT2D eigenvalue weighted by atomic mass is 9.89. The second-order valence-electron chi connectivity index (χ2n) is 6.96. The molecule has 1 N–H and O–H groups in total. The molecule has 134 valence electrons. The van der Waals surface area contributed by atoms with Crippen LogP contribution >= 0.6 is 0 Å². The van der Waals surface area contributed by atoms with Crippen molar-refractivity contribution in [2.75, 3.05) is 33.2 Å². The Hall–Kier alpha value is -1.78. The van der Waals surface area contributed by atoms with Gasteiger partial charge in [-0.3, -0.25) is 0 Å². The predicted octanol–water partition coefficient (Wildman–Crippen LogP) is 4.03. The lowest BCUT2D eigenvalue weighted by Crippen LogP contribution is -2.39. The van der Waals surface area contributed by atoms with Crippen molar-refractivity contribution in [1.82, 2.24) is 10.2 Å². The zero-order valence-electron chi connectivity index (χ0n) is 14.7. The van der Waals surface area contributed by atoms with E-state index >= 15 is 0 Å². The SMILES string of the molecule is CNCC1CCN(CC(c2ccc(F)cc2)c2ccc(F)cc2)CC1. The highest BCUT2D eigenvalue weighted by molar-refractivity contribution is 5.33. The van der Waals surface area contributed by atoms with E-state index < -0.39 is 0 Å². The molecule has 4 heteroatoms. The van der Waals surface area contributed by atoms with Crippen LogP contribution in [0.15, 0.2) is 48.5 Å². The Morgan fingerprint density at radius 1 is 0.920 bits per heavy atom. The highest BCUT2D eigenvalue weighted by Gasteiger charge is 2.23. The van der Waals surface area contributed by atoms with Crippen molar-refractivity contribution in [3.05, 3.63) is 71.3 Å². The van der Waals surface area contributed by atoms with Gasteiger partial charge in [0.15, 0.2) is 0 Å². The molecule has 1 saturated heterocycles. The van der Waals surface area contributed by atoms with Crippen molar-refractivity contribution in [3.63, 3.8) is 0 Å². The smallest absolute Gasteiger partial charge is 0.123 e. The topological polar surface area (TPSA) is 15.3 Å². The molecule has 0 bridgehead atoms. The number of benzene rings is 2. The van der Waals surface area contributed by atoms with E-state index in [-0.39, 0.29) is 17.6 Å². The van der Waals surface area contributed by atoms with Gasteiger partial charge in [-0.2, -0.15) is 0 Å². The summed E-state index contributed by atoms with van der Waals surface area (Å²) in [7, 11) is 2.01. The van der Waals surface area contributed by atoms with Gasteiger partial charge >= 0.3 is 0 Å². The Balaban J connectivity index is 1.75. The number of nitrogens with one attached hydrogen (secondary N) is 1. The van der Waals surface area contributed by atoms with Crippen LogP contribution in [0, 0.1) is 17.6 Å². The summed E-state index contributed by atoms with van der Waals surface area (Å²) >= 11 is 0. The molecule has 2 aromatic carbocycles. The third-order valence-electron chi connectivity index (χ3n) is 5.19. The quantitative estimate of drug-likeness (QED) is 0.851.